The van der Waals surface area contributed by atoms with E-state index in [0.717, 1.165) is 38.8 Å². The summed E-state index contributed by atoms with van der Waals surface area (Å²) in [7, 11) is 0. The highest BCUT2D eigenvalue weighted by Gasteiger charge is 2.49. The fourth-order valence-corrected chi connectivity index (χ4v) is 8.92. The van der Waals surface area contributed by atoms with E-state index in [2.05, 4.69) is 191 Å². The summed E-state index contributed by atoms with van der Waals surface area (Å²) in [5.74, 6) is 1.24. The molecule has 0 fully saturated rings. The van der Waals surface area contributed by atoms with Gasteiger partial charge in [-0.05, 0) is 97.5 Å². The van der Waals surface area contributed by atoms with Crippen molar-refractivity contribution in [1.82, 2.24) is 0 Å². The van der Waals surface area contributed by atoms with E-state index in [1.165, 1.54) is 61.4 Å². The number of rotatable bonds is 12. The Morgan fingerprint density at radius 1 is 0.692 bits per heavy atom. The van der Waals surface area contributed by atoms with Crippen LogP contribution in [0, 0.1) is 18.8 Å². The molecule has 7 rings (SSSR count). The topological polar surface area (TPSA) is 6.25 Å². The van der Waals surface area contributed by atoms with Crippen molar-refractivity contribution < 1.29 is 4.58 Å². The van der Waals surface area contributed by atoms with Crippen LogP contribution in [0.15, 0.2) is 139 Å². The largest absolute Gasteiger partial charge is 0.344 e. The minimum Gasteiger partial charge on any atom is -0.344 e. The molecule has 5 aromatic carbocycles. The first kappa shape index (κ1) is 35.7. The second-order valence-corrected chi connectivity index (χ2v) is 16.7. The molecule has 2 unspecified atom stereocenters. The Hall–Kier alpha value is -4.69. The monoisotopic (exact) mass is 685 g/mol. The van der Waals surface area contributed by atoms with Gasteiger partial charge >= 0.3 is 0 Å². The van der Waals surface area contributed by atoms with E-state index < -0.39 is 0 Å². The maximum Gasteiger partial charge on any atom is 0.210 e. The van der Waals surface area contributed by atoms with Gasteiger partial charge in [-0.3, -0.25) is 0 Å². The molecule has 2 aliphatic rings. The van der Waals surface area contributed by atoms with E-state index in [4.69, 9.17) is 0 Å². The SMILES string of the molecule is Cc1ccc2c(c1)C(C)(Cc1ccccc1)C(=CC=CC1=[N+](CCC(C)C)c3ccc4ccccc4c3C1(C)Cc1ccccc1)N2CCC(C)C. The van der Waals surface area contributed by atoms with Crippen molar-refractivity contribution >= 4 is 27.9 Å². The summed E-state index contributed by atoms with van der Waals surface area (Å²) in [5, 5.41) is 2.68. The van der Waals surface area contributed by atoms with Gasteiger partial charge in [-0.25, -0.2) is 0 Å². The van der Waals surface area contributed by atoms with Crippen LogP contribution in [0.1, 0.15) is 82.2 Å². The lowest BCUT2D eigenvalue weighted by molar-refractivity contribution is -0.439. The molecule has 0 saturated heterocycles. The van der Waals surface area contributed by atoms with Crippen molar-refractivity contribution in [3.63, 3.8) is 0 Å². The van der Waals surface area contributed by atoms with Crippen molar-refractivity contribution in [3.05, 3.63) is 167 Å². The lowest BCUT2D eigenvalue weighted by Gasteiger charge is -2.31. The molecule has 0 radical (unpaired) electrons. The fraction of sp³-hybridized carbons (Fsp3) is 0.340. The van der Waals surface area contributed by atoms with Gasteiger partial charge in [0.15, 0.2) is 5.71 Å². The van der Waals surface area contributed by atoms with E-state index in [-0.39, 0.29) is 10.8 Å². The Bertz CT molecular complexity index is 2130. The fourth-order valence-electron chi connectivity index (χ4n) is 8.92. The molecule has 0 bridgehead atoms. The van der Waals surface area contributed by atoms with Crippen molar-refractivity contribution in [2.45, 2.75) is 85.0 Å². The lowest BCUT2D eigenvalue weighted by atomic mass is 9.73. The normalized spacial score (nSPS) is 20.6. The predicted molar refractivity (Wildman–Crippen MR) is 223 cm³/mol. The number of fused-ring (bicyclic) bond motifs is 4. The summed E-state index contributed by atoms with van der Waals surface area (Å²) in [6, 6.07) is 43.0. The highest BCUT2D eigenvalue weighted by atomic mass is 15.2. The second kappa shape index (κ2) is 14.7. The third-order valence-electron chi connectivity index (χ3n) is 11.7. The molecule has 5 aromatic rings. The molecule has 2 aliphatic heterocycles. The van der Waals surface area contributed by atoms with Crippen molar-refractivity contribution in [2.24, 2.45) is 11.8 Å². The second-order valence-electron chi connectivity index (χ2n) is 16.7. The first-order chi connectivity index (χ1) is 25.1. The molecule has 0 amide bonds. The Labute approximate surface area is 313 Å². The maximum atomic E-state index is 2.66. The quantitative estimate of drug-likeness (QED) is 0.119. The maximum absolute atomic E-state index is 2.66. The number of allylic oxidation sites excluding steroid dienone is 4. The van der Waals surface area contributed by atoms with Crippen LogP contribution in [0.3, 0.4) is 0 Å². The van der Waals surface area contributed by atoms with Crippen LogP contribution in [0.5, 0.6) is 0 Å². The molecule has 0 aliphatic carbocycles. The zero-order valence-electron chi connectivity index (χ0n) is 32.5. The number of benzene rings is 5. The first-order valence-corrected chi connectivity index (χ1v) is 19.6. The van der Waals surface area contributed by atoms with Gasteiger partial charge in [0.2, 0.25) is 5.69 Å². The van der Waals surface area contributed by atoms with E-state index in [0.29, 0.717) is 11.8 Å². The van der Waals surface area contributed by atoms with Gasteiger partial charge in [0, 0.05) is 47.5 Å². The molecule has 2 atom stereocenters. The van der Waals surface area contributed by atoms with Gasteiger partial charge in [0.05, 0.1) is 5.41 Å². The van der Waals surface area contributed by atoms with Gasteiger partial charge in [0.1, 0.15) is 6.54 Å². The van der Waals surface area contributed by atoms with E-state index >= 15 is 0 Å². The standard InChI is InChI=1S/C50H57N2/c1-36(2)29-31-51-44-27-25-38(5)33-43(44)49(6,34-39-17-10-8-11-18-39)46(51)23-16-24-47-50(7,35-40-19-12-9-13-20-40)48-42-22-15-14-21-41(42)26-28-45(48)52(47)32-30-37(3)4/h8-28,33,36-37H,29-32,34-35H2,1-7H3/q+1. The highest BCUT2D eigenvalue weighted by Crippen LogP contribution is 2.51. The number of hydrogen-bond donors (Lipinski definition) is 0. The van der Waals surface area contributed by atoms with Crippen LogP contribution in [-0.4, -0.2) is 23.4 Å². The zero-order chi connectivity index (χ0) is 36.5. The zero-order valence-corrected chi connectivity index (χ0v) is 32.5. The smallest absolute Gasteiger partial charge is 0.210 e. The van der Waals surface area contributed by atoms with Crippen molar-refractivity contribution in [2.75, 3.05) is 18.0 Å². The summed E-state index contributed by atoms with van der Waals surface area (Å²) < 4.78 is 2.66. The third kappa shape index (κ3) is 6.81. The molecule has 2 heterocycles. The molecule has 266 valence electrons. The van der Waals surface area contributed by atoms with E-state index in [1.807, 2.05) is 0 Å². The number of aryl methyl sites for hydroxylation is 1. The molecule has 52 heavy (non-hydrogen) atoms. The molecular formula is C50H57N2+. The first-order valence-electron chi connectivity index (χ1n) is 19.6. The summed E-state index contributed by atoms with van der Waals surface area (Å²) in [5.41, 5.74) is 12.1. The van der Waals surface area contributed by atoms with Gasteiger partial charge in [-0.2, -0.15) is 4.58 Å². The number of anilines is 1. The van der Waals surface area contributed by atoms with Gasteiger partial charge in [0.25, 0.3) is 0 Å². The van der Waals surface area contributed by atoms with Gasteiger partial charge < -0.3 is 4.90 Å². The van der Waals surface area contributed by atoms with E-state index in [9.17, 15) is 0 Å². The lowest BCUT2D eigenvalue weighted by Crippen LogP contribution is -2.34. The predicted octanol–water partition coefficient (Wildman–Crippen LogP) is 12.3. The number of nitrogens with zero attached hydrogens (tertiary/aromatic N) is 2. The molecule has 0 N–H and O–H groups in total. The Balaban J connectivity index is 1.40. The molecule has 2 heteroatoms. The Morgan fingerprint density at radius 3 is 2.00 bits per heavy atom. The minimum atomic E-state index is -0.204. The Morgan fingerprint density at radius 2 is 1.33 bits per heavy atom. The van der Waals surface area contributed by atoms with Crippen LogP contribution in [0.2, 0.25) is 0 Å². The van der Waals surface area contributed by atoms with Crippen LogP contribution in [-0.2, 0) is 23.7 Å². The van der Waals surface area contributed by atoms with Crippen LogP contribution < -0.4 is 4.90 Å². The highest BCUT2D eigenvalue weighted by molar-refractivity contribution is 6.08. The summed E-state index contributed by atoms with van der Waals surface area (Å²) >= 11 is 0. The third-order valence-corrected chi connectivity index (χ3v) is 11.7. The van der Waals surface area contributed by atoms with Crippen LogP contribution in [0.4, 0.5) is 11.4 Å². The molecule has 0 saturated carbocycles. The van der Waals surface area contributed by atoms with Crippen molar-refractivity contribution in [3.8, 4) is 0 Å². The molecule has 0 aromatic heterocycles. The Kier molecular flexibility index (Phi) is 10.1. The minimum absolute atomic E-state index is 0.159. The summed E-state index contributed by atoms with van der Waals surface area (Å²) in [6.45, 7) is 18.6. The molecule has 0 spiro atoms. The number of hydrogen-bond acceptors (Lipinski definition) is 1. The van der Waals surface area contributed by atoms with Gasteiger partial charge in [-0.1, -0.05) is 136 Å². The van der Waals surface area contributed by atoms with Crippen LogP contribution >= 0.6 is 0 Å². The molecular weight excluding hydrogens is 629 g/mol. The van der Waals surface area contributed by atoms with E-state index in [1.54, 1.807) is 0 Å². The summed E-state index contributed by atoms with van der Waals surface area (Å²) in [6.07, 6.45) is 11.5. The van der Waals surface area contributed by atoms with Gasteiger partial charge in [-0.15, -0.1) is 0 Å². The van der Waals surface area contributed by atoms with Crippen LogP contribution in [0.25, 0.3) is 10.8 Å². The van der Waals surface area contributed by atoms with Crippen molar-refractivity contribution in [1.29, 1.82) is 0 Å². The summed E-state index contributed by atoms with van der Waals surface area (Å²) in [4.78, 5) is 2.64. The average Bonchev–Trinajstić information content (AvgIpc) is 3.50. The molecule has 2 nitrogen and oxygen atoms in total. The average molecular weight is 686 g/mol.